The first-order valence-electron chi connectivity index (χ1n) is 9.36. The third-order valence-electron chi connectivity index (χ3n) is 4.86. The molecule has 9 nitrogen and oxygen atoms in total. The summed E-state index contributed by atoms with van der Waals surface area (Å²) in [6.45, 7) is 1.21. The van der Waals surface area contributed by atoms with Gasteiger partial charge in [-0.3, -0.25) is 20.2 Å². The number of thiazole rings is 1. The van der Waals surface area contributed by atoms with Crippen LogP contribution in [-0.2, 0) is 11.3 Å². The minimum atomic E-state index is -0.460. The van der Waals surface area contributed by atoms with E-state index in [1.165, 1.54) is 29.5 Å². The molecule has 1 fully saturated rings. The number of nitro groups is 2. The minimum Gasteiger partial charge on any atom is -0.376 e. The molecule has 10 heteroatoms. The Balaban J connectivity index is 1.85. The lowest BCUT2D eigenvalue weighted by Gasteiger charge is -2.14. The summed E-state index contributed by atoms with van der Waals surface area (Å²) in [5, 5.41) is 24.4. The van der Waals surface area contributed by atoms with Gasteiger partial charge in [-0.2, -0.15) is 0 Å². The molecule has 1 aliphatic heterocycles. The molecule has 1 saturated heterocycles. The lowest BCUT2D eigenvalue weighted by atomic mass is 10.1. The van der Waals surface area contributed by atoms with Crippen molar-refractivity contribution < 1.29 is 14.6 Å². The van der Waals surface area contributed by atoms with Gasteiger partial charge in [0.1, 0.15) is 5.69 Å². The van der Waals surface area contributed by atoms with Crippen LogP contribution in [0.3, 0.4) is 0 Å². The van der Waals surface area contributed by atoms with Crippen molar-refractivity contribution in [2.75, 3.05) is 6.61 Å². The average Bonchev–Trinajstić information content (AvgIpc) is 3.39. The Morgan fingerprint density at radius 3 is 2.70 bits per heavy atom. The molecule has 0 radical (unpaired) electrons. The van der Waals surface area contributed by atoms with Gasteiger partial charge in [0.15, 0.2) is 4.80 Å². The Hall–Kier alpha value is -3.37. The number of benzene rings is 2. The molecule has 154 valence electrons. The molecule has 4 rings (SSSR count). The van der Waals surface area contributed by atoms with E-state index < -0.39 is 9.85 Å². The van der Waals surface area contributed by atoms with Gasteiger partial charge < -0.3 is 9.30 Å². The molecule has 1 aromatic heterocycles. The van der Waals surface area contributed by atoms with E-state index in [0.717, 1.165) is 18.5 Å². The molecule has 30 heavy (non-hydrogen) atoms. The number of rotatable bonds is 6. The van der Waals surface area contributed by atoms with Crippen LogP contribution >= 0.6 is 11.3 Å². The van der Waals surface area contributed by atoms with Crippen molar-refractivity contribution in [3.05, 3.63) is 78.9 Å². The van der Waals surface area contributed by atoms with E-state index in [9.17, 15) is 20.2 Å². The SMILES string of the molecule is O=[N+]([O-])c1cccc(-c2csc(=Nc3ccccc3[N+](=O)[O-])n2CC2CCCO2)c1. The summed E-state index contributed by atoms with van der Waals surface area (Å²) >= 11 is 1.33. The zero-order valence-electron chi connectivity index (χ0n) is 15.8. The van der Waals surface area contributed by atoms with Crippen LogP contribution in [0.25, 0.3) is 11.3 Å². The molecule has 0 N–H and O–H groups in total. The number of aromatic nitrogens is 1. The first-order valence-corrected chi connectivity index (χ1v) is 10.2. The topological polar surface area (TPSA) is 113 Å². The van der Waals surface area contributed by atoms with Crippen LogP contribution < -0.4 is 4.80 Å². The summed E-state index contributed by atoms with van der Waals surface area (Å²) in [7, 11) is 0. The summed E-state index contributed by atoms with van der Waals surface area (Å²) in [5.74, 6) is 0. The quantitative estimate of drug-likeness (QED) is 0.427. The Morgan fingerprint density at radius 2 is 1.97 bits per heavy atom. The van der Waals surface area contributed by atoms with Crippen molar-refractivity contribution in [3.8, 4) is 11.3 Å². The molecule has 2 aromatic carbocycles. The first kappa shape index (κ1) is 19.9. The lowest BCUT2D eigenvalue weighted by molar-refractivity contribution is -0.384. The fraction of sp³-hybridized carbons (Fsp3) is 0.250. The highest BCUT2D eigenvalue weighted by Crippen LogP contribution is 2.28. The molecule has 1 aliphatic rings. The normalized spacial score (nSPS) is 16.7. The highest BCUT2D eigenvalue weighted by atomic mass is 32.1. The lowest BCUT2D eigenvalue weighted by Crippen LogP contribution is -2.24. The highest BCUT2D eigenvalue weighted by Gasteiger charge is 2.20. The van der Waals surface area contributed by atoms with E-state index in [-0.39, 0.29) is 23.2 Å². The predicted molar refractivity (Wildman–Crippen MR) is 112 cm³/mol. The number of hydrogen-bond acceptors (Lipinski definition) is 7. The third-order valence-corrected chi connectivity index (χ3v) is 5.72. The number of non-ortho nitro benzene ring substituents is 1. The second-order valence-corrected chi connectivity index (χ2v) is 7.65. The van der Waals surface area contributed by atoms with Crippen LogP contribution in [0.1, 0.15) is 12.8 Å². The fourth-order valence-electron chi connectivity index (χ4n) is 3.41. The summed E-state index contributed by atoms with van der Waals surface area (Å²) in [4.78, 5) is 26.8. The molecule has 2 heterocycles. The van der Waals surface area contributed by atoms with E-state index in [1.807, 2.05) is 9.95 Å². The molecule has 0 spiro atoms. The second kappa shape index (κ2) is 8.56. The number of nitrogens with zero attached hydrogens (tertiary/aromatic N) is 4. The van der Waals surface area contributed by atoms with Gasteiger partial charge in [-0.25, -0.2) is 4.99 Å². The van der Waals surface area contributed by atoms with Gasteiger partial charge in [-0.05, 0) is 18.9 Å². The van der Waals surface area contributed by atoms with E-state index in [0.29, 0.717) is 23.5 Å². The summed E-state index contributed by atoms with van der Waals surface area (Å²) in [6, 6.07) is 12.7. The largest absolute Gasteiger partial charge is 0.376 e. The molecule has 1 unspecified atom stereocenters. The molecular formula is C20H18N4O5S. The van der Waals surface area contributed by atoms with Crippen molar-refractivity contribution >= 4 is 28.4 Å². The average molecular weight is 426 g/mol. The van der Waals surface area contributed by atoms with E-state index >= 15 is 0 Å². The van der Waals surface area contributed by atoms with Gasteiger partial charge in [0, 0.05) is 35.7 Å². The van der Waals surface area contributed by atoms with Crippen LogP contribution in [0.15, 0.2) is 58.9 Å². The summed E-state index contributed by atoms with van der Waals surface area (Å²) in [6.07, 6.45) is 1.88. The Morgan fingerprint density at radius 1 is 1.13 bits per heavy atom. The molecule has 0 saturated carbocycles. The van der Waals surface area contributed by atoms with Crippen LogP contribution in [0, 0.1) is 20.2 Å². The van der Waals surface area contributed by atoms with Crippen molar-refractivity contribution in [1.82, 2.24) is 4.57 Å². The van der Waals surface area contributed by atoms with Gasteiger partial charge in [0.05, 0.1) is 28.2 Å². The van der Waals surface area contributed by atoms with Crippen LogP contribution in [0.4, 0.5) is 17.1 Å². The third kappa shape index (κ3) is 4.14. The predicted octanol–water partition coefficient (Wildman–Crippen LogP) is 4.44. The number of hydrogen-bond donors (Lipinski definition) is 0. The maximum Gasteiger partial charge on any atom is 0.294 e. The van der Waals surface area contributed by atoms with E-state index in [2.05, 4.69) is 4.99 Å². The fourth-order valence-corrected chi connectivity index (χ4v) is 4.34. The standard InChI is InChI=1S/C20H18N4O5S/c25-23(26)15-6-3-5-14(11-15)19-13-30-20(22(19)12-16-7-4-10-29-16)21-17-8-1-2-9-18(17)24(27)28/h1-3,5-6,8-9,11,13,16H,4,7,10,12H2. The highest BCUT2D eigenvalue weighted by molar-refractivity contribution is 7.07. The molecule has 1 atom stereocenters. The number of nitro benzene ring substituents is 2. The first-order chi connectivity index (χ1) is 14.5. The van der Waals surface area contributed by atoms with Crippen molar-refractivity contribution in [1.29, 1.82) is 0 Å². The Bertz CT molecular complexity index is 1160. The Kier molecular flexibility index (Phi) is 5.68. The second-order valence-electron chi connectivity index (χ2n) is 6.81. The summed E-state index contributed by atoms with van der Waals surface area (Å²) in [5.41, 5.74) is 1.63. The van der Waals surface area contributed by atoms with Crippen molar-refractivity contribution in [3.63, 3.8) is 0 Å². The van der Waals surface area contributed by atoms with Gasteiger partial charge in [-0.15, -0.1) is 11.3 Å². The number of para-hydroxylation sites is 2. The molecule has 0 amide bonds. The van der Waals surface area contributed by atoms with Crippen LogP contribution in [0.2, 0.25) is 0 Å². The zero-order valence-corrected chi connectivity index (χ0v) is 16.7. The number of ether oxygens (including phenoxy) is 1. The van der Waals surface area contributed by atoms with Gasteiger partial charge in [-0.1, -0.05) is 24.3 Å². The zero-order chi connectivity index (χ0) is 21.1. The minimum absolute atomic E-state index is 0.000414. The smallest absolute Gasteiger partial charge is 0.294 e. The Labute approximate surface area is 175 Å². The molecular weight excluding hydrogens is 408 g/mol. The van der Waals surface area contributed by atoms with Crippen molar-refractivity contribution in [2.24, 2.45) is 4.99 Å². The van der Waals surface area contributed by atoms with E-state index in [4.69, 9.17) is 4.74 Å². The van der Waals surface area contributed by atoms with Gasteiger partial charge in [0.25, 0.3) is 11.4 Å². The van der Waals surface area contributed by atoms with Crippen LogP contribution in [-0.4, -0.2) is 27.1 Å². The van der Waals surface area contributed by atoms with E-state index in [1.54, 1.807) is 30.3 Å². The van der Waals surface area contributed by atoms with Gasteiger partial charge >= 0.3 is 0 Å². The van der Waals surface area contributed by atoms with Crippen LogP contribution in [0.5, 0.6) is 0 Å². The van der Waals surface area contributed by atoms with Crippen molar-refractivity contribution in [2.45, 2.75) is 25.5 Å². The van der Waals surface area contributed by atoms with Gasteiger partial charge in [0.2, 0.25) is 0 Å². The monoisotopic (exact) mass is 426 g/mol. The summed E-state index contributed by atoms with van der Waals surface area (Å²) < 4.78 is 7.70. The molecule has 3 aromatic rings. The molecule has 0 bridgehead atoms. The maximum atomic E-state index is 11.4. The maximum absolute atomic E-state index is 11.4. The molecule has 0 aliphatic carbocycles.